The topological polar surface area (TPSA) is 431 Å². The number of nitrogens with two attached hydrogens (primary N) is 1. The molecule has 14 heterocycles. The molecule has 2 spiro atoms. The second-order valence-electron chi connectivity index (χ2n) is 33.3. The van der Waals surface area contributed by atoms with Gasteiger partial charge in [0, 0.05) is 201 Å². The molecule has 0 radical (unpaired) electrons. The van der Waals surface area contributed by atoms with E-state index in [0.717, 1.165) is 118 Å². The number of amides is 10. The number of carboxylic acid groups (broad SMARTS) is 1. The Morgan fingerprint density at radius 2 is 0.992 bits per heavy atom. The predicted octanol–water partition coefficient (Wildman–Crippen LogP) is 7.68. The van der Waals surface area contributed by atoms with Gasteiger partial charge < -0.3 is 80.6 Å². The van der Waals surface area contributed by atoms with Gasteiger partial charge >= 0.3 is 36.3 Å². The molecule has 8 aromatic rings. The van der Waals surface area contributed by atoms with Crippen molar-refractivity contribution in [2.45, 2.75) is 153 Å². The number of benzene rings is 2. The summed E-state index contributed by atoms with van der Waals surface area (Å²) in [4.78, 5) is 147. The van der Waals surface area contributed by atoms with E-state index in [1.807, 2.05) is 105 Å². The monoisotopic (exact) mass is 1640 g/mol. The maximum Gasteiger partial charge on any atom is 0.413 e. The minimum atomic E-state index is -1.11. The van der Waals surface area contributed by atoms with E-state index in [1.165, 1.54) is 0 Å². The zero-order chi connectivity index (χ0) is 84.2. The number of carbonyl (C=O) groups is 9. The maximum atomic E-state index is 14.5. The molecule has 16 rings (SSSR count). The zero-order valence-corrected chi connectivity index (χ0v) is 68.5. The lowest BCUT2D eigenvalue weighted by atomic mass is 9.83. The molecular formula is C85H108N22O13. The SMILES string of the molecule is CC(C)(C)OC(=O)N1CCC(C[C@H](N)C(=O)N2CCN(c3ccncc3)CC2)CC1.Cc1cc(C[C@@H](NC(=O)N2CCC3(CC2)OC(=O)Nc2ncccc23)C(=O)N[C@@H](CC2CCNCC2)C(=O)N2CCN(c3ccncc3)CC2)cc2cn[nH]c12.Cc1cc(C[C@@H](NC(=O)N2CCC3(CC2)OC(=O)Nc2ncccc23)C(=O)O)cc2cn[nH]c12. The Kier molecular flexibility index (Phi) is 26.2. The van der Waals surface area contributed by atoms with Gasteiger partial charge in [0.1, 0.15) is 46.6 Å². The van der Waals surface area contributed by atoms with Crippen LogP contribution in [0.2, 0.25) is 0 Å². The van der Waals surface area contributed by atoms with Crippen LogP contribution in [-0.2, 0) is 57.4 Å². The number of carboxylic acids is 1. The van der Waals surface area contributed by atoms with Crippen LogP contribution in [0.25, 0.3) is 21.8 Å². The number of carbonyl (C=O) groups excluding carboxylic acids is 8. The minimum Gasteiger partial charge on any atom is -0.480 e. The molecule has 636 valence electrons. The molecule has 6 aromatic heterocycles. The fourth-order valence-corrected chi connectivity index (χ4v) is 17.6. The van der Waals surface area contributed by atoms with Gasteiger partial charge in [-0.2, -0.15) is 10.2 Å². The van der Waals surface area contributed by atoms with Gasteiger partial charge in [-0.1, -0.05) is 12.1 Å². The third-order valence-corrected chi connectivity index (χ3v) is 24.1. The number of H-pyrrole nitrogens is 2. The molecule has 0 unspecified atom stereocenters. The first-order valence-corrected chi connectivity index (χ1v) is 41.5. The number of nitrogens with one attached hydrogen (secondary N) is 8. The summed E-state index contributed by atoms with van der Waals surface area (Å²) < 4.78 is 17.0. The van der Waals surface area contributed by atoms with Gasteiger partial charge in [0.15, 0.2) is 0 Å². The summed E-state index contributed by atoms with van der Waals surface area (Å²) in [5, 5.41) is 43.2. The summed E-state index contributed by atoms with van der Waals surface area (Å²) >= 11 is 0. The lowest BCUT2D eigenvalue weighted by Gasteiger charge is -2.43. The first-order chi connectivity index (χ1) is 57.8. The molecule has 0 saturated carbocycles. The van der Waals surface area contributed by atoms with Crippen LogP contribution in [0, 0.1) is 25.7 Å². The number of likely N-dealkylation sites (tertiary alicyclic amines) is 3. The van der Waals surface area contributed by atoms with Crippen LogP contribution in [0.15, 0.2) is 122 Å². The highest BCUT2D eigenvalue weighted by molar-refractivity contribution is 5.93. The van der Waals surface area contributed by atoms with E-state index in [-0.39, 0.29) is 36.7 Å². The zero-order valence-electron chi connectivity index (χ0n) is 68.5. The number of piperidine rings is 4. The molecule has 8 aliphatic heterocycles. The van der Waals surface area contributed by atoms with Gasteiger partial charge in [0.25, 0.3) is 0 Å². The number of urea groups is 2. The summed E-state index contributed by atoms with van der Waals surface area (Å²) in [6, 6.07) is 18.8. The van der Waals surface area contributed by atoms with E-state index < -0.39 is 77.1 Å². The Morgan fingerprint density at radius 3 is 1.46 bits per heavy atom. The molecule has 35 heteroatoms. The van der Waals surface area contributed by atoms with Crippen LogP contribution >= 0.6 is 0 Å². The Bertz CT molecular complexity index is 4960. The Labute approximate surface area is 695 Å². The average Bonchev–Trinajstić information content (AvgIpc) is 1.06. The van der Waals surface area contributed by atoms with Crippen molar-refractivity contribution in [3.05, 3.63) is 156 Å². The van der Waals surface area contributed by atoms with Gasteiger partial charge in [-0.05, 0) is 181 Å². The number of pyridine rings is 4. The molecule has 10 amide bonds. The Hall–Kier alpha value is -12.3. The van der Waals surface area contributed by atoms with Crippen molar-refractivity contribution < 1.29 is 62.5 Å². The number of piperazine rings is 2. The van der Waals surface area contributed by atoms with Crippen molar-refractivity contribution in [3.63, 3.8) is 0 Å². The fourth-order valence-electron chi connectivity index (χ4n) is 17.6. The summed E-state index contributed by atoms with van der Waals surface area (Å²) in [5.74, 6) is -0.0158. The number of aromatic nitrogens is 8. The standard InChI is InChI=1S/C40H49N11O5.C23H24N6O5.C22H35N5O3/c1-26-21-28(22-29-25-44-48-34(26)29)24-32(46-38(54)51-15-8-40(9-16-51)31-3-2-10-43-35(31)47-39(55)56-40)36(52)45-33(23-27-4-11-41-12-5-27)37(53)50-19-17-49(18-20-50)30-6-13-42-14-7-30;1-13-9-14(10-15-12-25-28-18(13)15)11-17(20(30)31)26-21(32)29-7-4-23(5-8-29)16-3-2-6-24-19(16)27-22(33)34-23;1-22(2,3)30-21(29)27-10-6-17(7-11-27)16-19(23)20(28)26-14-12-25(13-15-26)18-4-8-24-9-5-18/h2-3,6-7,10,13-14,21-22,25,27,32-33,41H,4-5,8-9,11-12,15-20,23-24H2,1H3,(H,44,48)(H,45,52)(H,46,54)(H,43,47,55);2-3,6,9-10,12,17H,4-5,7-8,11H2,1H3,(H,25,28)(H,26,32)(H,30,31)(H,24,27,33);4-5,8-9,17,19H,6-7,10-16,23H2,1-3H3/t32-,33+;17-;19-/m110/s1. The highest BCUT2D eigenvalue weighted by Crippen LogP contribution is 2.44. The van der Waals surface area contributed by atoms with E-state index >= 15 is 0 Å². The Morgan fingerprint density at radius 1 is 0.542 bits per heavy atom. The first kappa shape index (κ1) is 84.2. The number of aliphatic carboxylic acids is 1. The third kappa shape index (κ3) is 20.3. The third-order valence-electron chi connectivity index (χ3n) is 24.1. The van der Waals surface area contributed by atoms with E-state index in [9.17, 15) is 48.3 Å². The lowest BCUT2D eigenvalue weighted by Crippen LogP contribution is -2.59. The van der Waals surface area contributed by atoms with Gasteiger partial charge in [-0.15, -0.1) is 0 Å². The van der Waals surface area contributed by atoms with Gasteiger partial charge in [-0.3, -0.25) is 45.2 Å². The molecule has 35 nitrogen and oxygen atoms in total. The van der Waals surface area contributed by atoms with Crippen LogP contribution in [0.3, 0.4) is 0 Å². The fraction of sp³-hybridized carbons (Fsp3) is 0.494. The molecule has 4 atom stereocenters. The maximum absolute atomic E-state index is 14.5. The van der Waals surface area contributed by atoms with Crippen molar-refractivity contribution >= 4 is 98.8 Å². The normalized spacial score (nSPS) is 18.9. The average molecular weight is 1650 g/mol. The molecule has 0 bridgehead atoms. The number of hydrogen-bond donors (Lipinski definition) is 10. The van der Waals surface area contributed by atoms with Crippen molar-refractivity contribution in [2.75, 3.05) is 125 Å². The minimum absolute atomic E-state index is 0.0407. The number of ether oxygens (including phenoxy) is 3. The van der Waals surface area contributed by atoms with Gasteiger partial charge in [0.2, 0.25) is 17.7 Å². The van der Waals surface area contributed by atoms with Crippen LogP contribution in [0.5, 0.6) is 0 Å². The predicted molar refractivity (Wildman–Crippen MR) is 446 cm³/mol. The van der Waals surface area contributed by atoms with Crippen LogP contribution < -0.4 is 47.4 Å². The molecule has 2 aromatic carbocycles. The molecule has 8 aliphatic rings. The molecule has 0 aliphatic carbocycles. The van der Waals surface area contributed by atoms with Gasteiger partial charge in [-0.25, -0.2) is 38.7 Å². The van der Waals surface area contributed by atoms with E-state index in [4.69, 9.17) is 19.9 Å². The number of hydrogen-bond acceptors (Lipinski definition) is 22. The highest BCUT2D eigenvalue weighted by atomic mass is 16.6. The van der Waals surface area contributed by atoms with Gasteiger partial charge in [0.05, 0.1) is 29.5 Å². The summed E-state index contributed by atoms with van der Waals surface area (Å²) in [7, 11) is 0. The van der Waals surface area contributed by atoms with E-state index in [0.29, 0.717) is 135 Å². The Balaban J connectivity index is 0.000000158. The van der Waals surface area contributed by atoms with Crippen molar-refractivity contribution in [1.29, 1.82) is 0 Å². The number of nitrogens with zero attached hydrogens (tertiary/aromatic N) is 13. The number of aryl methyl sites for hydroxylation is 2. The number of aromatic amines is 2. The highest BCUT2D eigenvalue weighted by Gasteiger charge is 2.48. The first-order valence-electron chi connectivity index (χ1n) is 41.5. The lowest BCUT2D eigenvalue weighted by molar-refractivity contribution is -0.139. The van der Waals surface area contributed by atoms with Crippen molar-refractivity contribution in [2.24, 2.45) is 17.6 Å². The van der Waals surface area contributed by atoms with Crippen molar-refractivity contribution in [1.82, 2.24) is 86.1 Å². The number of rotatable bonds is 17. The molecule has 11 N–H and O–H groups in total. The number of anilines is 4. The second-order valence-corrected chi connectivity index (χ2v) is 33.3. The summed E-state index contributed by atoms with van der Waals surface area (Å²) in [6.45, 7) is 19.2. The molecule has 6 saturated heterocycles. The van der Waals surface area contributed by atoms with E-state index in [2.05, 4.69) is 82.0 Å². The van der Waals surface area contributed by atoms with E-state index in [1.54, 1.807) is 76.4 Å². The van der Waals surface area contributed by atoms with Crippen LogP contribution in [0.4, 0.5) is 47.0 Å². The number of fused-ring (bicyclic) bond motifs is 6. The summed E-state index contributed by atoms with van der Waals surface area (Å²) in [6.07, 6.45) is 19.0. The smallest absolute Gasteiger partial charge is 0.413 e. The van der Waals surface area contributed by atoms with Crippen molar-refractivity contribution in [3.8, 4) is 0 Å². The molecular weight excluding hydrogens is 1540 g/mol. The van der Waals surface area contributed by atoms with Crippen LogP contribution in [0.1, 0.15) is 118 Å². The second kappa shape index (κ2) is 37.3. The van der Waals surface area contributed by atoms with Crippen LogP contribution in [-0.4, -0.2) is 258 Å². The largest absolute Gasteiger partial charge is 0.480 e. The molecule has 120 heavy (non-hydrogen) atoms. The summed E-state index contributed by atoms with van der Waals surface area (Å²) in [5.41, 5.74) is 13.2. The molecule has 6 fully saturated rings. The quantitative estimate of drug-likeness (QED) is 0.0391.